The van der Waals surface area contributed by atoms with Crippen molar-refractivity contribution in [3.05, 3.63) is 70.3 Å². The second-order valence-electron chi connectivity index (χ2n) is 8.30. The zero-order chi connectivity index (χ0) is 21.4. The third kappa shape index (κ3) is 3.82. The van der Waals surface area contributed by atoms with Crippen molar-refractivity contribution in [2.45, 2.75) is 51.7 Å². The maximum absolute atomic E-state index is 13.0. The zero-order valence-electron chi connectivity index (χ0n) is 17.6. The molecule has 0 saturated heterocycles. The molecule has 2 aromatic carbocycles. The number of hydrogen-bond acceptors (Lipinski definition) is 3. The summed E-state index contributed by atoms with van der Waals surface area (Å²) in [5.41, 5.74) is 4.60. The molecule has 6 nitrogen and oxygen atoms in total. The van der Waals surface area contributed by atoms with Gasteiger partial charge in [-0.3, -0.25) is 14.4 Å². The molecule has 0 aromatic heterocycles. The number of nitrogens with one attached hydrogen (secondary N) is 2. The van der Waals surface area contributed by atoms with E-state index in [0.29, 0.717) is 5.56 Å². The fourth-order valence-electron chi connectivity index (χ4n) is 4.19. The Balaban J connectivity index is 1.41. The van der Waals surface area contributed by atoms with Gasteiger partial charge in [-0.05, 0) is 56.4 Å². The highest BCUT2D eigenvalue weighted by molar-refractivity contribution is 6.05. The van der Waals surface area contributed by atoms with Crippen LogP contribution in [0, 0.1) is 13.8 Å². The Hall–Kier alpha value is -3.15. The summed E-state index contributed by atoms with van der Waals surface area (Å²) >= 11 is 0. The second kappa shape index (κ2) is 7.94. The molecule has 1 aliphatic heterocycles. The van der Waals surface area contributed by atoms with Crippen LogP contribution >= 0.6 is 0 Å². The highest BCUT2D eigenvalue weighted by Gasteiger charge is 2.47. The highest BCUT2D eigenvalue weighted by atomic mass is 16.2. The minimum Gasteiger partial charge on any atom is -0.348 e. The van der Waals surface area contributed by atoms with Crippen LogP contribution in [0.2, 0.25) is 0 Å². The molecule has 1 fully saturated rings. The lowest BCUT2D eigenvalue weighted by molar-refractivity contribution is -0.129. The van der Waals surface area contributed by atoms with Crippen LogP contribution in [0.5, 0.6) is 0 Å². The molecule has 2 aromatic rings. The topological polar surface area (TPSA) is 78.5 Å². The van der Waals surface area contributed by atoms with Crippen molar-refractivity contribution in [2.75, 3.05) is 6.54 Å². The summed E-state index contributed by atoms with van der Waals surface area (Å²) in [5, 5.41) is 5.69. The molecule has 2 aliphatic rings. The quantitative estimate of drug-likeness (QED) is 0.776. The average molecular weight is 405 g/mol. The summed E-state index contributed by atoms with van der Waals surface area (Å²) in [5.74, 6) is -0.664. The number of hydrogen-bond donors (Lipinski definition) is 2. The van der Waals surface area contributed by atoms with Gasteiger partial charge < -0.3 is 15.5 Å². The summed E-state index contributed by atoms with van der Waals surface area (Å²) < 4.78 is 0. The van der Waals surface area contributed by atoms with Crippen LogP contribution in [-0.2, 0) is 9.59 Å². The van der Waals surface area contributed by atoms with E-state index in [4.69, 9.17) is 0 Å². The number of benzene rings is 2. The monoisotopic (exact) mass is 405 g/mol. The first-order valence-electron chi connectivity index (χ1n) is 10.4. The average Bonchev–Trinajstić information content (AvgIpc) is 3.52. The van der Waals surface area contributed by atoms with E-state index in [1.54, 1.807) is 11.0 Å². The lowest BCUT2D eigenvalue weighted by atomic mass is 10.00. The van der Waals surface area contributed by atoms with Crippen molar-refractivity contribution in [1.29, 1.82) is 0 Å². The minimum atomic E-state index is -0.662. The van der Waals surface area contributed by atoms with Gasteiger partial charge in [-0.1, -0.05) is 42.0 Å². The van der Waals surface area contributed by atoms with Gasteiger partial charge in [0.2, 0.25) is 11.8 Å². The Morgan fingerprint density at radius 1 is 1.13 bits per heavy atom. The first-order chi connectivity index (χ1) is 14.4. The van der Waals surface area contributed by atoms with Gasteiger partial charge in [-0.15, -0.1) is 0 Å². The Bertz CT molecular complexity index is 1010. The first kappa shape index (κ1) is 20.1. The minimum absolute atomic E-state index is 0.0961. The van der Waals surface area contributed by atoms with Crippen LogP contribution in [0.3, 0.4) is 0 Å². The Labute approximate surface area is 176 Å². The molecule has 0 radical (unpaired) electrons. The summed E-state index contributed by atoms with van der Waals surface area (Å²) in [6.45, 7) is 5.84. The molecular formula is C24H27N3O3. The van der Waals surface area contributed by atoms with Crippen molar-refractivity contribution in [3.63, 3.8) is 0 Å². The van der Waals surface area contributed by atoms with E-state index >= 15 is 0 Å². The fourth-order valence-corrected chi connectivity index (χ4v) is 4.19. The molecule has 1 aliphatic carbocycles. The van der Waals surface area contributed by atoms with Gasteiger partial charge in [0, 0.05) is 11.6 Å². The SMILES string of the molecule is Cc1ccc(C)c(C(C)NC(=O)CNC(=O)C2c3ccccc3C(=O)N2C2CC2)c1. The van der Waals surface area contributed by atoms with Gasteiger partial charge in [0.15, 0.2) is 0 Å². The van der Waals surface area contributed by atoms with E-state index in [1.165, 1.54) is 0 Å². The summed E-state index contributed by atoms with van der Waals surface area (Å²) in [6.07, 6.45) is 1.83. The Morgan fingerprint density at radius 2 is 1.87 bits per heavy atom. The molecular weight excluding hydrogens is 378 g/mol. The molecule has 6 heteroatoms. The molecule has 1 heterocycles. The highest BCUT2D eigenvalue weighted by Crippen LogP contribution is 2.41. The largest absolute Gasteiger partial charge is 0.348 e. The van der Waals surface area contributed by atoms with E-state index < -0.39 is 6.04 Å². The molecule has 0 bridgehead atoms. The van der Waals surface area contributed by atoms with Crippen LogP contribution < -0.4 is 10.6 Å². The van der Waals surface area contributed by atoms with Gasteiger partial charge in [0.1, 0.15) is 6.04 Å². The van der Waals surface area contributed by atoms with Gasteiger partial charge in [0.05, 0.1) is 12.6 Å². The van der Waals surface area contributed by atoms with E-state index in [0.717, 1.165) is 35.1 Å². The number of nitrogens with zero attached hydrogens (tertiary/aromatic N) is 1. The van der Waals surface area contributed by atoms with Crippen LogP contribution in [-0.4, -0.2) is 35.2 Å². The van der Waals surface area contributed by atoms with Crippen molar-refractivity contribution >= 4 is 17.7 Å². The number of amides is 3. The number of rotatable bonds is 6. The van der Waals surface area contributed by atoms with Gasteiger partial charge in [0.25, 0.3) is 5.91 Å². The molecule has 2 N–H and O–H groups in total. The van der Waals surface area contributed by atoms with Crippen LogP contribution in [0.25, 0.3) is 0 Å². The van der Waals surface area contributed by atoms with Crippen molar-refractivity contribution in [1.82, 2.24) is 15.5 Å². The smallest absolute Gasteiger partial charge is 0.255 e. The number of carbonyl (C=O) groups excluding carboxylic acids is 3. The van der Waals surface area contributed by atoms with Crippen LogP contribution in [0.15, 0.2) is 42.5 Å². The van der Waals surface area contributed by atoms with Crippen LogP contribution in [0.4, 0.5) is 0 Å². The van der Waals surface area contributed by atoms with E-state index in [2.05, 4.69) is 16.7 Å². The summed E-state index contributed by atoms with van der Waals surface area (Å²) in [6, 6.07) is 12.7. The molecule has 2 unspecified atom stereocenters. The molecule has 30 heavy (non-hydrogen) atoms. The van der Waals surface area contributed by atoms with Crippen molar-refractivity contribution in [3.8, 4) is 0 Å². The molecule has 1 saturated carbocycles. The summed E-state index contributed by atoms with van der Waals surface area (Å²) in [7, 11) is 0. The third-order valence-corrected chi connectivity index (χ3v) is 5.89. The van der Waals surface area contributed by atoms with Gasteiger partial charge in [-0.25, -0.2) is 0 Å². The molecule has 156 valence electrons. The fraction of sp³-hybridized carbons (Fsp3) is 0.375. The van der Waals surface area contributed by atoms with Crippen LogP contribution in [0.1, 0.15) is 64.5 Å². The first-order valence-corrected chi connectivity index (χ1v) is 10.4. The predicted octanol–water partition coefficient (Wildman–Crippen LogP) is 2.96. The van der Waals surface area contributed by atoms with E-state index in [1.807, 2.05) is 51.1 Å². The summed E-state index contributed by atoms with van der Waals surface area (Å²) in [4.78, 5) is 39.9. The predicted molar refractivity (Wildman–Crippen MR) is 114 cm³/mol. The van der Waals surface area contributed by atoms with Crippen molar-refractivity contribution in [2.24, 2.45) is 0 Å². The number of carbonyl (C=O) groups is 3. The second-order valence-corrected chi connectivity index (χ2v) is 8.30. The number of aryl methyl sites for hydroxylation is 2. The lowest BCUT2D eigenvalue weighted by Crippen LogP contribution is -2.44. The van der Waals surface area contributed by atoms with E-state index in [-0.39, 0.29) is 36.3 Å². The Kier molecular flexibility index (Phi) is 5.33. The molecule has 0 spiro atoms. The standard InChI is InChI=1S/C24H27N3O3/c1-14-8-9-15(2)20(12-14)16(3)26-21(28)13-25-23(29)22-18-6-4-5-7-19(18)24(30)27(22)17-10-11-17/h4-9,12,16-17,22H,10-11,13H2,1-3H3,(H,25,29)(H,26,28). The maximum atomic E-state index is 13.0. The zero-order valence-corrected chi connectivity index (χ0v) is 17.6. The van der Waals surface area contributed by atoms with E-state index in [9.17, 15) is 14.4 Å². The third-order valence-electron chi connectivity index (χ3n) is 5.89. The van der Waals surface area contributed by atoms with Gasteiger partial charge >= 0.3 is 0 Å². The van der Waals surface area contributed by atoms with Gasteiger partial charge in [-0.2, -0.15) is 0 Å². The van der Waals surface area contributed by atoms with Crippen molar-refractivity contribution < 1.29 is 14.4 Å². The lowest BCUT2D eigenvalue weighted by Gasteiger charge is -2.24. The molecule has 4 rings (SSSR count). The Morgan fingerprint density at radius 3 is 2.60 bits per heavy atom. The normalized spacial score (nSPS) is 18.7. The number of fused-ring (bicyclic) bond motifs is 1. The molecule has 3 amide bonds. The molecule has 2 atom stereocenters. The maximum Gasteiger partial charge on any atom is 0.255 e.